The van der Waals surface area contributed by atoms with Crippen molar-refractivity contribution >= 4 is 11.8 Å². The Labute approximate surface area is 141 Å². The summed E-state index contributed by atoms with van der Waals surface area (Å²) >= 11 is 2.11. The summed E-state index contributed by atoms with van der Waals surface area (Å²) < 4.78 is 5.56. The molecule has 1 aliphatic rings. The topological polar surface area (TPSA) is 35.2 Å². The van der Waals surface area contributed by atoms with Crippen LogP contribution in [0, 0.1) is 17.3 Å². The Balaban J connectivity index is 2.95. The second-order valence-corrected chi connectivity index (χ2v) is 8.68. The summed E-state index contributed by atoms with van der Waals surface area (Å²) in [5.41, 5.74) is 6.26. The third-order valence-electron chi connectivity index (χ3n) is 5.05. The lowest BCUT2D eigenvalue weighted by Crippen LogP contribution is -2.33. The minimum atomic E-state index is 0.156. The Morgan fingerprint density at radius 3 is 2.68 bits per heavy atom. The molecule has 128 valence electrons. The fourth-order valence-corrected chi connectivity index (χ4v) is 4.21. The minimum Gasteiger partial charge on any atom is -0.497 e. The van der Waals surface area contributed by atoms with E-state index in [4.69, 9.17) is 10.5 Å². The van der Waals surface area contributed by atoms with Crippen LogP contribution in [0.1, 0.15) is 53.4 Å². The molecule has 0 aromatic heterocycles. The van der Waals surface area contributed by atoms with Crippen molar-refractivity contribution in [3.8, 4) is 0 Å². The number of allylic oxidation sites excluding steroid dienone is 3. The highest BCUT2D eigenvalue weighted by atomic mass is 32.2. The van der Waals surface area contributed by atoms with Crippen molar-refractivity contribution in [3.63, 3.8) is 0 Å². The first kappa shape index (κ1) is 19.6. The second-order valence-electron chi connectivity index (χ2n) is 7.13. The summed E-state index contributed by atoms with van der Waals surface area (Å²) in [7, 11) is 1.76. The third kappa shape index (κ3) is 6.37. The van der Waals surface area contributed by atoms with E-state index in [2.05, 4.69) is 57.7 Å². The van der Waals surface area contributed by atoms with Gasteiger partial charge < -0.3 is 10.5 Å². The molecule has 1 rings (SSSR count). The van der Waals surface area contributed by atoms with Crippen molar-refractivity contribution in [3.05, 3.63) is 24.0 Å². The van der Waals surface area contributed by atoms with Crippen molar-refractivity contribution in [1.29, 1.82) is 0 Å². The van der Waals surface area contributed by atoms with E-state index >= 15 is 0 Å². The van der Waals surface area contributed by atoms with Crippen LogP contribution in [0.3, 0.4) is 0 Å². The molecule has 0 saturated heterocycles. The summed E-state index contributed by atoms with van der Waals surface area (Å²) in [6.07, 6.45) is 11.6. The molecular formula is C19H35NOS. The average Bonchev–Trinajstić information content (AvgIpc) is 2.49. The molecule has 4 unspecified atom stereocenters. The quantitative estimate of drug-likeness (QED) is 0.775. The summed E-state index contributed by atoms with van der Waals surface area (Å²) in [5.74, 6) is 3.24. The lowest BCUT2D eigenvalue weighted by atomic mass is 9.74. The number of methoxy groups -OCH3 is 1. The number of ether oxygens (including phenoxy) is 1. The van der Waals surface area contributed by atoms with Gasteiger partial charge in [-0.1, -0.05) is 40.2 Å². The van der Waals surface area contributed by atoms with E-state index in [1.165, 1.54) is 31.4 Å². The van der Waals surface area contributed by atoms with Gasteiger partial charge in [-0.3, -0.25) is 0 Å². The second kappa shape index (κ2) is 9.67. The highest BCUT2D eigenvalue weighted by Crippen LogP contribution is 2.34. The predicted molar refractivity (Wildman–Crippen MR) is 100 cm³/mol. The fraction of sp³-hybridized carbons (Fsp3) is 0.789. The van der Waals surface area contributed by atoms with E-state index in [1.807, 2.05) is 0 Å². The molecule has 0 aromatic rings. The van der Waals surface area contributed by atoms with E-state index in [9.17, 15) is 0 Å². The van der Waals surface area contributed by atoms with Gasteiger partial charge in [0, 0.05) is 5.25 Å². The molecule has 0 spiro atoms. The Bertz CT molecular complexity index is 380. The Morgan fingerprint density at radius 1 is 1.32 bits per heavy atom. The van der Waals surface area contributed by atoms with Crippen molar-refractivity contribution in [2.24, 2.45) is 23.0 Å². The van der Waals surface area contributed by atoms with Crippen LogP contribution in [-0.4, -0.2) is 24.7 Å². The lowest BCUT2D eigenvalue weighted by Gasteiger charge is -2.33. The van der Waals surface area contributed by atoms with Gasteiger partial charge in [0.2, 0.25) is 0 Å². The van der Waals surface area contributed by atoms with Crippen molar-refractivity contribution in [1.82, 2.24) is 0 Å². The number of rotatable bonds is 2. The molecule has 0 bridgehead atoms. The zero-order valence-corrected chi connectivity index (χ0v) is 15.9. The van der Waals surface area contributed by atoms with Gasteiger partial charge in [0.05, 0.1) is 7.11 Å². The maximum Gasteiger partial charge on any atom is 0.114 e. The first-order valence-corrected chi connectivity index (χ1v) is 9.72. The fourth-order valence-electron chi connectivity index (χ4n) is 3.00. The number of hydrogen-bond acceptors (Lipinski definition) is 3. The highest BCUT2D eigenvalue weighted by molar-refractivity contribution is 7.99. The van der Waals surface area contributed by atoms with Gasteiger partial charge in [0.15, 0.2) is 0 Å². The minimum absolute atomic E-state index is 0.156. The molecule has 2 N–H and O–H groups in total. The Kier molecular flexibility index (Phi) is 8.63. The van der Waals surface area contributed by atoms with Crippen LogP contribution in [0.4, 0.5) is 0 Å². The van der Waals surface area contributed by atoms with E-state index in [0.29, 0.717) is 11.8 Å². The molecule has 0 amide bonds. The molecule has 3 heteroatoms. The lowest BCUT2D eigenvalue weighted by molar-refractivity contribution is 0.217. The van der Waals surface area contributed by atoms with Crippen LogP contribution < -0.4 is 5.73 Å². The molecule has 0 radical (unpaired) electrons. The monoisotopic (exact) mass is 325 g/mol. The van der Waals surface area contributed by atoms with Gasteiger partial charge in [0.1, 0.15) is 5.76 Å². The Hall–Kier alpha value is -0.410. The van der Waals surface area contributed by atoms with Gasteiger partial charge in [-0.2, -0.15) is 11.8 Å². The molecule has 0 saturated carbocycles. The standard InChI is InChI=1S/C19H35NOS/c1-15-8-9-18(21-5)13-16(2)19(4,14-20)10-6-7-11-22-17(3)12-15/h8-9,13,15-17H,6-7,10-12,14,20H2,1-5H3/b9-8-,18-13+. The molecule has 0 aromatic carbocycles. The molecule has 22 heavy (non-hydrogen) atoms. The van der Waals surface area contributed by atoms with Crippen LogP contribution in [0.15, 0.2) is 24.0 Å². The van der Waals surface area contributed by atoms with Gasteiger partial charge in [-0.05, 0) is 61.0 Å². The normalized spacial score (nSPS) is 39.4. The third-order valence-corrected chi connectivity index (χ3v) is 6.34. The molecule has 1 heterocycles. The number of hydrogen-bond donors (Lipinski definition) is 1. The van der Waals surface area contributed by atoms with Gasteiger partial charge in [0.25, 0.3) is 0 Å². The molecule has 4 atom stereocenters. The number of thioether (sulfide) groups is 1. The molecule has 1 aliphatic heterocycles. The first-order chi connectivity index (χ1) is 10.4. The SMILES string of the molecule is COC1=C/C(C)C(C)(CN)CCCCSC(C)CC(C)/C=C\1. The van der Waals surface area contributed by atoms with Crippen LogP contribution in [0.2, 0.25) is 0 Å². The number of nitrogens with two attached hydrogens (primary N) is 1. The molecule has 0 aliphatic carbocycles. The molecule has 0 fully saturated rings. The summed E-state index contributed by atoms with van der Waals surface area (Å²) in [4.78, 5) is 0. The van der Waals surface area contributed by atoms with E-state index in [-0.39, 0.29) is 5.41 Å². The summed E-state index contributed by atoms with van der Waals surface area (Å²) in [6.45, 7) is 9.95. The van der Waals surface area contributed by atoms with E-state index < -0.39 is 0 Å². The van der Waals surface area contributed by atoms with Crippen molar-refractivity contribution in [2.45, 2.75) is 58.6 Å². The summed E-state index contributed by atoms with van der Waals surface area (Å²) in [5, 5.41) is 0.720. The largest absolute Gasteiger partial charge is 0.497 e. The van der Waals surface area contributed by atoms with Crippen molar-refractivity contribution in [2.75, 3.05) is 19.4 Å². The van der Waals surface area contributed by atoms with E-state index in [0.717, 1.165) is 17.6 Å². The van der Waals surface area contributed by atoms with Gasteiger partial charge in [-0.25, -0.2) is 0 Å². The van der Waals surface area contributed by atoms with Gasteiger partial charge >= 0.3 is 0 Å². The van der Waals surface area contributed by atoms with Crippen LogP contribution in [0.25, 0.3) is 0 Å². The maximum atomic E-state index is 6.10. The zero-order valence-electron chi connectivity index (χ0n) is 15.1. The maximum absolute atomic E-state index is 6.10. The van der Waals surface area contributed by atoms with E-state index in [1.54, 1.807) is 7.11 Å². The molecular weight excluding hydrogens is 290 g/mol. The van der Waals surface area contributed by atoms with Crippen LogP contribution >= 0.6 is 11.8 Å². The Morgan fingerprint density at radius 2 is 2.05 bits per heavy atom. The van der Waals surface area contributed by atoms with Crippen LogP contribution in [0.5, 0.6) is 0 Å². The van der Waals surface area contributed by atoms with Crippen LogP contribution in [-0.2, 0) is 4.74 Å². The summed E-state index contributed by atoms with van der Waals surface area (Å²) in [6, 6.07) is 0. The van der Waals surface area contributed by atoms with Crippen molar-refractivity contribution < 1.29 is 4.74 Å². The highest BCUT2D eigenvalue weighted by Gasteiger charge is 2.28. The predicted octanol–water partition coefficient (Wildman–Crippen LogP) is 5.01. The first-order valence-electron chi connectivity index (χ1n) is 8.67. The molecule has 2 nitrogen and oxygen atoms in total. The smallest absolute Gasteiger partial charge is 0.114 e. The van der Waals surface area contributed by atoms with Gasteiger partial charge in [-0.15, -0.1) is 0 Å². The zero-order chi connectivity index (χ0) is 16.6. The average molecular weight is 326 g/mol.